The fourth-order valence-electron chi connectivity index (χ4n) is 2.97. The van der Waals surface area contributed by atoms with E-state index in [1.54, 1.807) is 60.7 Å². The van der Waals surface area contributed by atoms with E-state index in [2.05, 4.69) is 5.32 Å². The Morgan fingerprint density at radius 1 is 1.03 bits per heavy atom. The van der Waals surface area contributed by atoms with Gasteiger partial charge in [0.15, 0.2) is 23.9 Å². The molecule has 3 aromatic carbocycles. The van der Waals surface area contributed by atoms with Crippen LogP contribution in [0.1, 0.15) is 21.5 Å². The van der Waals surface area contributed by atoms with Gasteiger partial charge in [-0.1, -0.05) is 41.4 Å². The summed E-state index contributed by atoms with van der Waals surface area (Å²) in [4.78, 5) is 25.6. The highest BCUT2D eigenvalue weighted by atomic mass is 35.5. The van der Waals surface area contributed by atoms with E-state index in [0.717, 1.165) is 0 Å². The van der Waals surface area contributed by atoms with E-state index in [9.17, 15) is 9.59 Å². The monoisotopic (exact) mass is 480 g/mol. The minimum absolute atomic E-state index is 0.107. The van der Waals surface area contributed by atoms with Crippen LogP contribution in [0.3, 0.4) is 0 Å². The first-order chi connectivity index (χ1) is 15.9. The molecule has 0 aliphatic carbocycles. The van der Waals surface area contributed by atoms with Crippen LogP contribution < -0.4 is 14.8 Å². The van der Waals surface area contributed by atoms with E-state index in [4.69, 9.17) is 37.9 Å². The highest BCUT2D eigenvalue weighted by Gasteiger charge is 2.18. The molecule has 0 unspecified atom stereocenters. The van der Waals surface area contributed by atoms with E-state index >= 15 is 0 Å². The van der Waals surface area contributed by atoms with Gasteiger partial charge in [0.25, 0.3) is 0 Å². The van der Waals surface area contributed by atoms with Crippen molar-refractivity contribution in [2.24, 2.45) is 0 Å². The molecule has 0 saturated carbocycles. The van der Waals surface area contributed by atoms with Crippen molar-refractivity contribution in [3.8, 4) is 17.6 Å². The van der Waals surface area contributed by atoms with E-state index in [0.29, 0.717) is 38.4 Å². The number of nitrogens with one attached hydrogen (secondary N) is 1. The summed E-state index contributed by atoms with van der Waals surface area (Å²) in [5.41, 5.74) is 1.50. The van der Waals surface area contributed by atoms with Crippen LogP contribution >= 0.6 is 23.2 Å². The highest BCUT2D eigenvalue weighted by Crippen LogP contribution is 2.29. The Hall–Kier alpha value is -3.79. The highest BCUT2D eigenvalue weighted by molar-refractivity contribution is 6.36. The molecule has 0 atom stereocenters. The van der Waals surface area contributed by atoms with Gasteiger partial charge < -0.3 is 14.8 Å². The van der Waals surface area contributed by atoms with Crippen LogP contribution in [0.4, 0.5) is 5.69 Å². The topological polar surface area (TPSA) is 88.4 Å². The van der Waals surface area contributed by atoms with Gasteiger partial charge in [0.05, 0.1) is 17.8 Å². The van der Waals surface area contributed by atoms with Crippen molar-refractivity contribution < 1.29 is 19.1 Å². The Balaban J connectivity index is 1.80. The second-order valence-electron chi connectivity index (χ2n) is 6.68. The number of carbonyl (C=O) groups excluding carboxylic acids is 2. The molecule has 166 valence electrons. The molecule has 0 radical (unpaired) electrons. The van der Waals surface area contributed by atoms with Gasteiger partial charge in [-0.3, -0.25) is 9.59 Å². The summed E-state index contributed by atoms with van der Waals surface area (Å²) in [5.74, 6) is 0.0389. The quantitative estimate of drug-likeness (QED) is 0.325. The molecule has 8 heteroatoms. The van der Waals surface area contributed by atoms with Crippen LogP contribution in [0.15, 0.2) is 66.7 Å². The van der Waals surface area contributed by atoms with Crippen molar-refractivity contribution in [2.75, 3.05) is 19.0 Å². The normalized spacial score (nSPS) is 10.5. The van der Waals surface area contributed by atoms with Gasteiger partial charge in [-0.15, -0.1) is 0 Å². The summed E-state index contributed by atoms with van der Waals surface area (Å²) in [6, 6.07) is 18.2. The maximum atomic E-state index is 13.0. The summed E-state index contributed by atoms with van der Waals surface area (Å²) in [5, 5.41) is 12.0. The molecule has 1 N–H and O–H groups in total. The second kappa shape index (κ2) is 11.2. The van der Waals surface area contributed by atoms with Crippen LogP contribution in [-0.4, -0.2) is 25.4 Å². The summed E-state index contributed by atoms with van der Waals surface area (Å²) >= 11 is 12.2. The molecule has 0 aromatic heterocycles. The number of hydrogen-bond donors (Lipinski definition) is 1. The lowest BCUT2D eigenvalue weighted by atomic mass is 10.0. The van der Waals surface area contributed by atoms with Crippen LogP contribution in [-0.2, 0) is 4.79 Å². The number of hydrogen-bond acceptors (Lipinski definition) is 5. The zero-order valence-corrected chi connectivity index (χ0v) is 19.0. The Labute approximate surface area is 201 Å². The van der Waals surface area contributed by atoms with Gasteiger partial charge in [-0.25, -0.2) is 0 Å². The van der Waals surface area contributed by atoms with Crippen molar-refractivity contribution in [3.05, 3.63) is 93.5 Å². The minimum Gasteiger partial charge on any atom is -0.493 e. The predicted molar refractivity (Wildman–Crippen MR) is 128 cm³/mol. The van der Waals surface area contributed by atoms with Crippen molar-refractivity contribution >= 4 is 46.7 Å². The van der Waals surface area contributed by atoms with Gasteiger partial charge in [-0.05, 0) is 54.1 Å². The average Bonchev–Trinajstić information content (AvgIpc) is 2.82. The molecule has 0 aliphatic heterocycles. The van der Waals surface area contributed by atoms with Gasteiger partial charge in [0.2, 0.25) is 5.91 Å². The molecular weight excluding hydrogens is 463 g/mol. The number of halogens is 2. The van der Waals surface area contributed by atoms with E-state index < -0.39 is 5.91 Å². The van der Waals surface area contributed by atoms with Crippen LogP contribution in [0, 0.1) is 11.3 Å². The Morgan fingerprint density at radius 2 is 1.82 bits per heavy atom. The number of ketones is 1. The molecule has 0 spiro atoms. The number of carbonyl (C=O) groups is 2. The summed E-state index contributed by atoms with van der Waals surface area (Å²) in [7, 11) is 1.48. The van der Waals surface area contributed by atoms with Crippen molar-refractivity contribution in [1.82, 2.24) is 0 Å². The average molecular weight is 481 g/mol. The lowest BCUT2D eigenvalue weighted by Crippen LogP contribution is -2.13. The number of methoxy groups -OCH3 is 1. The first-order valence-electron chi connectivity index (χ1n) is 9.68. The molecule has 0 fully saturated rings. The van der Waals surface area contributed by atoms with E-state index in [1.807, 2.05) is 6.07 Å². The number of nitriles is 1. The van der Waals surface area contributed by atoms with Crippen LogP contribution in [0.2, 0.25) is 10.0 Å². The molecule has 3 aromatic rings. The first-order valence-corrected chi connectivity index (χ1v) is 10.4. The zero-order valence-electron chi connectivity index (χ0n) is 17.5. The fourth-order valence-corrected chi connectivity index (χ4v) is 3.36. The second-order valence-corrected chi connectivity index (χ2v) is 7.52. The number of nitrogens with zero attached hydrogens (tertiary/aromatic N) is 1. The predicted octanol–water partition coefficient (Wildman–Crippen LogP) is 5.79. The van der Waals surface area contributed by atoms with Crippen LogP contribution in [0.25, 0.3) is 6.08 Å². The van der Waals surface area contributed by atoms with Gasteiger partial charge >= 0.3 is 0 Å². The zero-order chi connectivity index (χ0) is 23.8. The minimum atomic E-state index is -0.450. The SMILES string of the molecule is COc1cc(/C=C/C(=O)Nc2ccc(Cl)cc2C(=O)c2ccccc2Cl)ccc1OCC#N. The van der Waals surface area contributed by atoms with Crippen molar-refractivity contribution in [1.29, 1.82) is 5.26 Å². The van der Waals surface area contributed by atoms with Gasteiger partial charge in [-0.2, -0.15) is 5.26 Å². The third-order valence-corrected chi connectivity index (χ3v) is 5.07. The Kier molecular flexibility index (Phi) is 8.09. The Bertz CT molecular complexity index is 1270. The van der Waals surface area contributed by atoms with E-state index in [1.165, 1.54) is 19.3 Å². The van der Waals surface area contributed by atoms with Crippen LogP contribution in [0.5, 0.6) is 11.5 Å². The molecule has 0 aliphatic rings. The van der Waals surface area contributed by atoms with Crippen molar-refractivity contribution in [2.45, 2.75) is 0 Å². The molecule has 0 saturated heterocycles. The number of rotatable bonds is 8. The Morgan fingerprint density at radius 3 is 2.55 bits per heavy atom. The summed E-state index contributed by atoms with van der Waals surface area (Å²) in [6.45, 7) is -0.107. The lowest BCUT2D eigenvalue weighted by Gasteiger charge is -2.11. The molecule has 0 heterocycles. The number of ether oxygens (including phenoxy) is 2. The van der Waals surface area contributed by atoms with Crippen molar-refractivity contribution in [3.63, 3.8) is 0 Å². The largest absolute Gasteiger partial charge is 0.493 e. The number of benzene rings is 3. The lowest BCUT2D eigenvalue weighted by molar-refractivity contribution is -0.111. The molecule has 3 rings (SSSR count). The third kappa shape index (κ3) is 6.13. The fraction of sp³-hybridized carbons (Fsp3) is 0.0800. The maximum absolute atomic E-state index is 13.0. The third-order valence-electron chi connectivity index (χ3n) is 4.51. The summed E-state index contributed by atoms with van der Waals surface area (Å²) < 4.78 is 10.5. The van der Waals surface area contributed by atoms with Gasteiger partial charge in [0, 0.05) is 22.2 Å². The van der Waals surface area contributed by atoms with E-state index in [-0.39, 0.29) is 18.0 Å². The summed E-state index contributed by atoms with van der Waals surface area (Å²) in [6.07, 6.45) is 2.90. The molecule has 6 nitrogen and oxygen atoms in total. The molecule has 33 heavy (non-hydrogen) atoms. The first kappa shape index (κ1) is 23.9. The molecule has 1 amide bonds. The molecular formula is C25H18Cl2N2O4. The smallest absolute Gasteiger partial charge is 0.248 e. The van der Waals surface area contributed by atoms with Gasteiger partial charge in [0.1, 0.15) is 6.07 Å². The number of amides is 1. The maximum Gasteiger partial charge on any atom is 0.248 e. The number of anilines is 1. The molecule has 0 bridgehead atoms. The standard InChI is InChI=1S/C25H18Cl2N2O4/c1-32-23-14-16(6-10-22(23)33-13-12-28)7-11-24(30)29-21-9-8-17(26)15-19(21)25(31)18-4-2-3-5-20(18)27/h2-11,14-15H,13H2,1H3,(H,29,30)/b11-7+.